The molecule has 1 aromatic carbocycles. The lowest BCUT2D eigenvalue weighted by molar-refractivity contribution is 0.523. The van der Waals surface area contributed by atoms with E-state index in [2.05, 4.69) is 82.8 Å². The number of anilines is 2. The van der Waals surface area contributed by atoms with Crippen molar-refractivity contribution in [1.29, 1.82) is 5.26 Å². The summed E-state index contributed by atoms with van der Waals surface area (Å²) < 4.78 is 3.73. The zero-order valence-electron chi connectivity index (χ0n) is 21.6. The highest BCUT2D eigenvalue weighted by Gasteiger charge is 2.21. The molecule has 0 unspecified atom stereocenters. The molecule has 8 nitrogen and oxygen atoms in total. The SMILES string of the molecule is CC(C)n1cc(-c2cc(-c3ccc(N4CCC(Nc5ccccc5)CC4)nc3)c3c(C#N)cnn3c2)cn1. The van der Waals surface area contributed by atoms with Crippen molar-refractivity contribution in [2.75, 3.05) is 23.3 Å². The molecule has 1 N–H and O–H groups in total. The normalized spacial score (nSPS) is 14.2. The number of para-hydroxylation sites is 1. The number of hydrogen-bond donors (Lipinski definition) is 1. The van der Waals surface area contributed by atoms with Crippen LogP contribution >= 0.6 is 0 Å². The molecule has 38 heavy (non-hydrogen) atoms. The second kappa shape index (κ2) is 10.0. The highest BCUT2D eigenvalue weighted by Crippen LogP contribution is 2.33. The Kier molecular flexibility index (Phi) is 6.26. The van der Waals surface area contributed by atoms with Gasteiger partial charge in [0.15, 0.2) is 0 Å². The Balaban J connectivity index is 1.25. The minimum absolute atomic E-state index is 0.276. The van der Waals surface area contributed by atoms with E-state index >= 15 is 0 Å². The molecule has 190 valence electrons. The van der Waals surface area contributed by atoms with Crippen LogP contribution in [-0.4, -0.2) is 43.5 Å². The van der Waals surface area contributed by atoms with Gasteiger partial charge in [-0.05, 0) is 57.0 Å². The van der Waals surface area contributed by atoms with Gasteiger partial charge in [-0.2, -0.15) is 15.5 Å². The molecule has 0 atom stereocenters. The molecule has 1 aliphatic heterocycles. The number of rotatable bonds is 6. The Morgan fingerprint density at radius 3 is 2.42 bits per heavy atom. The summed E-state index contributed by atoms with van der Waals surface area (Å²) in [6.45, 7) is 6.12. The third-order valence-electron chi connectivity index (χ3n) is 7.22. The van der Waals surface area contributed by atoms with E-state index in [0.717, 1.165) is 59.5 Å². The Hall–Kier alpha value is -4.64. The first-order valence-corrected chi connectivity index (χ1v) is 13.1. The van der Waals surface area contributed by atoms with Gasteiger partial charge in [-0.3, -0.25) is 4.68 Å². The molecule has 5 aromatic rings. The summed E-state index contributed by atoms with van der Waals surface area (Å²) in [5.74, 6) is 0.978. The van der Waals surface area contributed by atoms with Gasteiger partial charge in [-0.25, -0.2) is 9.50 Å². The van der Waals surface area contributed by atoms with Gasteiger partial charge in [0, 0.05) is 71.7 Å². The minimum atomic E-state index is 0.276. The number of fused-ring (bicyclic) bond motifs is 1. The predicted molar refractivity (Wildman–Crippen MR) is 150 cm³/mol. The number of aromatic nitrogens is 5. The van der Waals surface area contributed by atoms with Gasteiger partial charge in [0.05, 0.1) is 23.5 Å². The Morgan fingerprint density at radius 2 is 1.74 bits per heavy atom. The van der Waals surface area contributed by atoms with Crippen molar-refractivity contribution in [2.24, 2.45) is 0 Å². The van der Waals surface area contributed by atoms with Gasteiger partial charge in [0.1, 0.15) is 11.9 Å². The number of piperidine rings is 1. The van der Waals surface area contributed by atoms with E-state index in [1.54, 1.807) is 10.7 Å². The topological polar surface area (TPSA) is 87.1 Å². The van der Waals surface area contributed by atoms with Crippen LogP contribution in [0.4, 0.5) is 11.5 Å². The second-order valence-electron chi connectivity index (χ2n) is 10.1. The van der Waals surface area contributed by atoms with Crippen molar-refractivity contribution < 1.29 is 0 Å². The van der Waals surface area contributed by atoms with Crippen LogP contribution in [0.2, 0.25) is 0 Å². The summed E-state index contributed by atoms with van der Waals surface area (Å²) in [6, 6.07) is 19.7. The first-order valence-electron chi connectivity index (χ1n) is 13.1. The van der Waals surface area contributed by atoms with Crippen molar-refractivity contribution >= 4 is 17.0 Å². The van der Waals surface area contributed by atoms with Crippen LogP contribution in [0.5, 0.6) is 0 Å². The van der Waals surface area contributed by atoms with E-state index < -0.39 is 0 Å². The molecule has 0 spiro atoms. The molecule has 1 saturated heterocycles. The molecular formula is C30H30N8. The van der Waals surface area contributed by atoms with Crippen molar-refractivity contribution in [3.05, 3.63) is 85.1 Å². The fourth-order valence-corrected chi connectivity index (χ4v) is 5.11. The first kappa shape index (κ1) is 23.7. The number of pyridine rings is 2. The zero-order chi connectivity index (χ0) is 26.1. The number of nitrogens with zero attached hydrogens (tertiary/aromatic N) is 7. The predicted octanol–water partition coefficient (Wildman–Crippen LogP) is 5.79. The van der Waals surface area contributed by atoms with Gasteiger partial charge in [-0.15, -0.1) is 0 Å². The van der Waals surface area contributed by atoms with Crippen LogP contribution in [0, 0.1) is 11.3 Å². The quantitative estimate of drug-likeness (QED) is 0.316. The van der Waals surface area contributed by atoms with Crippen molar-refractivity contribution in [1.82, 2.24) is 24.4 Å². The van der Waals surface area contributed by atoms with Crippen LogP contribution < -0.4 is 10.2 Å². The highest BCUT2D eigenvalue weighted by atomic mass is 15.3. The summed E-state index contributed by atoms with van der Waals surface area (Å²) in [4.78, 5) is 7.19. The average Bonchev–Trinajstić information content (AvgIpc) is 3.62. The molecule has 1 fully saturated rings. The maximum atomic E-state index is 9.73. The van der Waals surface area contributed by atoms with Crippen molar-refractivity contribution in [2.45, 2.75) is 38.8 Å². The Labute approximate surface area is 222 Å². The van der Waals surface area contributed by atoms with E-state index in [0.29, 0.717) is 11.6 Å². The standard InChI is InChI=1S/C30H30N8/c1-21(2)37-20-25(18-33-37)23-14-28(30-24(15-31)17-34-38(30)19-23)22-8-9-29(32-16-22)36-12-10-27(11-13-36)35-26-6-4-3-5-7-26/h3-9,14,16-21,27,35H,10-13H2,1-2H3. The lowest BCUT2D eigenvalue weighted by atomic mass is 10.0. The van der Waals surface area contributed by atoms with Gasteiger partial charge in [0.25, 0.3) is 0 Å². The summed E-state index contributed by atoms with van der Waals surface area (Å²) >= 11 is 0. The average molecular weight is 503 g/mol. The van der Waals surface area contributed by atoms with E-state index in [9.17, 15) is 5.26 Å². The van der Waals surface area contributed by atoms with Crippen LogP contribution in [-0.2, 0) is 0 Å². The molecule has 0 saturated carbocycles. The number of nitriles is 1. The van der Waals surface area contributed by atoms with Crippen LogP contribution in [0.3, 0.4) is 0 Å². The lowest BCUT2D eigenvalue weighted by Gasteiger charge is -2.33. The largest absolute Gasteiger partial charge is 0.382 e. The van der Waals surface area contributed by atoms with E-state index in [1.807, 2.05) is 35.5 Å². The highest BCUT2D eigenvalue weighted by molar-refractivity contribution is 5.87. The van der Waals surface area contributed by atoms with E-state index in [-0.39, 0.29) is 6.04 Å². The Morgan fingerprint density at radius 1 is 0.921 bits per heavy atom. The molecule has 8 heteroatoms. The summed E-state index contributed by atoms with van der Waals surface area (Å²) in [6.07, 6.45) is 11.5. The molecule has 0 radical (unpaired) electrons. The van der Waals surface area contributed by atoms with E-state index in [4.69, 9.17) is 4.98 Å². The van der Waals surface area contributed by atoms with Gasteiger partial charge in [0.2, 0.25) is 0 Å². The van der Waals surface area contributed by atoms with Crippen LogP contribution in [0.15, 0.2) is 79.5 Å². The zero-order valence-corrected chi connectivity index (χ0v) is 21.6. The van der Waals surface area contributed by atoms with Gasteiger partial charge in [-0.1, -0.05) is 18.2 Å². The van der Waals surface area contributed by atoms with Gasteiger partial charge < -0.3 is 10.2 Å². The molecule has 0 amide bonds. The third-order valence-corrected chi connectivity index (χ3v) is 7.22. The third kappa shape index (κ3) is 4.59. The smallest absolute Gasteiger partial charge is 0.128 e. The van der Waals surface area contributed by atoms with Crippen molar-refractivity contribution in [3.63, 3.8) is 0 Å². The number of hydrogen-bond acceptors (Lipinski definition) is 6. The second-order valence-corrected chi connectivity index (χ2v) is 10.1. The summed E-state index contributed by atoms with van der Waals surface area (Å²) in [5, 5.41) is 22.3. The number of benzene rings is 1. The fourth-order valence-electron chi connectivity index (χ4n) is 5.11. The van der Waals surface area contributed by atoms with E-state index in [1.165, 1.54) is 5.69 Å². The fraction of sp³-hybridized carbons (Fsp3) is 0.267. The molecule has 5 heterocycles. The Bertz CT molecular complexity index is 1580. The number of nitrogens with one attached hydrogen (secondary N) is 1. The van der Waals surface area contributed by atoms with Gasteiger partial charge >= 0.3 is 0 Å². The summed E-state index contributed by atoms with van der Waals surface area (Å²) in [7, 11) is 0. The monoisotopic (exact) mass is 502 g/mol. The molecule has 0 aliphatic carbocycles. The molecule has 0 bridgehead atoms. The molecular weight excluding hydrogens is 472 g/mol. The molecule has 6 rings (SSSR count). The maximum Gasteiger partial charge on any atom is 0.128 e. The molecule has 4 aromatic heterocycles. The van der Waals surface area contributed by atoms with Crippen molar-refractivity contribution in [3.8, 4) is 28.3 Å². The maximum absolute atomic E-state index is 9.73. The molecule has 1 aliphatic rings. The minimum Gasteiger partial charge on any atom is -0.382 e. The van der Waals surface area contributed by atoms with Crippen LogP contribution in [0.1, 0.15) is 38.3 Å². The first-order chi connectivity index (χ1) is 18.6. The summed E-state index contributed by atoms with van der Waals surface area (Å²) in [5.41, 5.74) is 6.39. The van der Waals surface area contributed by atoms with Crippen LogP contribution in [0.25, 0.3) is 27.8 Å². The lowest BCUT2D eigenvalue weighted by Crippen LogP contribution is -2.39.